The molecule has 1 aliphatic heterocycles. The van der Waals surface area contributed by atoms with E-state index < -0.39 is 5.91 Å². The second-order valence-electron chi connectivity index (χ2n) is 4.30. The van der Waals surface area contributed by atoms with Gasteiger partial charge in [-0.25, -0.2) is 0 Å². The Hall–Kier alpha value is -1.69. The molecule has 92 valence electrons. The Morgan fingerprint density at radius 2 is 2.41 bits per heavy atom. The molecule has 0 aromatic carbocycles. The summed E-state index contributed by atoms with van der Waals surface area (Å²) in [5.41, 5.74) is 5.32. The SMILES string of the molecule is CNCC1CCN(c2ccc(C(N)=O)nn2)C1. The summed E-state index contributed by atoms with van der Waals surface area (Å²) in [7, 11) is 1.96. The maximum absolute atomic E-state index is 10.9. The highest BCUT2D eigenvalue weighted by Gasteiger charge is 2.23. The number of primary amides is 1. The van der Waals surface area contributed by atoms with Gasteiger partial charge in [-0.2, -0.15) is 0 Å². The largest absolute Gasteiger partial charge is 0.364 e. The van der Waals surface area contributed by atoms with Crippen LogP contribution in [0.2, 0.25) is 0 Å². The third kappa shape index (κ3) is 2.71. The molecule has 1 saturated heterocycles. The monoisotopic (exact) mass is 235 g/mol. The molecule has 0 spiro atoms. The van der Waals surface area contributed by atoms with Gasteiger partial charge in [-0.3, -0.25) is 4.79 Å². The minimum absolute atomic E-state index is 0.208. The van der Waals surface area contributed by atoms with Gasteiger partial charge in [0.15, 0.2) is 11.5 Å². The molecule has 2 heterocycles. The zero-order valence-corrected chi connectivity index (χ0v) is 9.89. The normalized spacial score (nSPS) is 19.6. The minimum Gasteiger partial charge on any atom is -0.364 e. The lowest BCUT2D eigenvalue weighted by molar-refractivity contribution is 0.0994. The molecule has 1 aromatic heterocycles. The van der Waals surface area contributed by atoms with E-state index in [2.05, 4.69) is 20.4 Å². The van der Waals surface area contributed by atoms with Crippen LogP contribution in [0.4, 0.5) is 5.82 Å². The number of amides is 1. The molecule has 6 heteroatoms. The van der Waals surface area contributed by atoms with Crippen molar-refractivity contribution in [3.63, 3.8) is 0 Å². The molecule has 0 saturated carbocycles. The van der Waals surface area contributed by atoms with Crippen LogP contribution >= 0.6 is 0 Å². The first-order valence-electron chi connectivity index (χ1n) is 5.74. The molecule has 0 bridgehead atoms. The number of nitrogens with one attached hydrogen (secondary N) is 1. The Morgan fingerprint density at radius 1 is 1.59 bits per heavy atom. The fourth-order valence-corrected chi connectivity index (χ4v) is 2.12. The number of aromatic nitrogens is 2. The number of hydrogen-bond acceptors (Lipinski definition) is 5. The quantitative estimate of drug-likeness (QED) is 0.743. The molecule has 1 atom stereocenters. The van der Waals surface area contributed by atoms with Crippen molar-refractivity contribution in [2.75, 3.05) is 31.6 Å². The Morgan fingerprint density at radius 3 is 3.00 bits per heavy atom. The van der Waals surface area contributed by atoms with Crippen LogP contribution in [0.15, 0.2) is 12.1 Å². The van der Waals surface area contributed by atoms with Crippen LogP contribution in [0.25, 0.3) is 0 Å². The highest BCUT2D eigenvalue weighted by molar-refractivity contribution is 5.90. The van der Waals surface area contributed by atoms with E-state index in [4.69, 9.17) is 5.73 Å². The van der Waals surface area contributed by atoms with Crippen LogP contribution in [0, 0.1) is 5.92 Å². The standard InChI is InChI=1S/C11H17N5O/c1-13-6-8-4-5-16(7-8)10-3-2-9(11(12)17)14-15-10/h2-3,8,13H,4-7H2,1H3,(H2,12,17). The number of nitrogens with zero attached hydrogens (tertiary/aromatic N) is 3. The first kappa shape index (κ1) is 11.8. The van der Waals surface area contributed by atoms with E-state index in [1.54, 1.807) is 12.1 Å². The van der Waals surface area contributed by atoms with E-state index in [0.717, 1.165) is 31.9 Å². The summed E-state index contributed by atoms with van der Waals surface area (Å²) in [5, 5.41) is 11.0. The predicted octanol–water partition coefficient (Wildman–Crippen LogP) is -0.379. The lowest BCUT2D eigenvalue weighted by Crippen LogP contribution is -2.25. The topological polar surface area (TPSA) is 84.1 Å². The summed E-state index contributed by atoms with van der Waals surface area (Å²) in [6.45, 7) is 2.98. The average Bonchev–Trinajstić information content (AvgIpc) is 2.78. The van der Waals surface area contributed by atoms with Crippen molar-refractivity contribution < 1.29 is 4.79 Å². The maximum atomic E-state index is 10.9. The van der Waals surface area contributed by atoms with Crippen molar-refractivity contribution in [2.24, 2.45) is 11.7 Å². The molecule has 0 radical (unpaired) electrons. The molecular weight excluding hydrogens is 218 g/mol. The van der Waals surface area contributed by atoms with Crippen LogP contribution in [-0.2, 0) is 0 Å². The zero-order chi connectivity index (χ0) is 12.3. The highest BCUT2D eigenvalue weighted by Crippen LogP contribution is 2.20. The fourth-order valence-electron chi connectivity index (χ4n) is 2.12. The van der Waals surface area contributed by atoms with Crippen LogP contribution in [0.3, 0.4) is 0 Å². The maximum Gasteiger partial charge on any atom is 0.269 e. The molecule has 17 heavy (non-hydrogen) atoms. The van der Waals surface area contributed by atoms with Gasteiger partial charge in [0.05, 0.1) is 0 Å². The first-order chi connectivity index (χ1) is 8.20. The second-order valence-corrected chi connectivity index (χ2v) is 4.30. The minimum atomic E-state index is -0.543. The van der Waals surface area contributed by atoms with Crippen molar-refractivity contribution in [3.8, 4) is 0 Å². The molecule has 0 aliphatic carbocycles. The summed E-state index contributed by atoms with van der Waals surface area (Å²) in [4.78, 5) is 13.0. The van der Waals surface area contributed by atoms with E-state index in [1.165, 1.54) is 0 Å². The molecule has 1 aliphatic rings. The summed E-state index contributed by atoms with van der Waals surface area (Å²) < 4.78 is 0. The molecule has 1 aromatic rings. The fraction of sp³-hybridized carbons (Fsp3) is 0.545. The van der Waals surface area contributed by atoms with E-state index in [-0.39, 0.29) is 5.69 Å². The van der Waals surface area contributed by atoms with Gasteiger partial charge >= 0.3 is 0 Å². The van der Waals surface area contributed by atoms with Gasteiger partial charge in [0, 0.05) is 13.1 Å². The Balaban J connectivity index is 2.01. The molecule has 1 amide bonds. The van der Waals surface area contributed by atoms with Crippen molar-refractivity contribution >= 4 is 11.7 Å². The summed E-state index contributed by atoms with van der Waals surface area (Å²) in [6, 6.07) is 3.42. The van der Waals surface area contributed by atoms with Gasteiger partial charge in [0.2, 0.25) is 0 Å². The molecule has 2 rings (SSSR count). The van der Waals surface area contributed by atoms with E-state index in [9.17, 15) is 4.79 Å². The summed E-state index contributed by atoms with van der Waals surface area (Å²) in [5.74, 6) is 0.921. The molecule has 3 N–H and O–H groups in total. The van der Waals surface area contributed by atoms with Crippen LogP contribution < -0.4 is 16.0 Å². The number of nitrogens with two attached hydrogens (primary N) is 1. The zero-order valence-electron chi connectivity index (χ0n) is 9.89. The lowest BCUT2D eigenvalue weighted by Gasteiger charge is -2.16. The smallest absolute Gasteiger partial charge is 0.269 e. The van der Waals surface area contributed by atoms with Crippen molar-refractivity contribution in [3.05, 3.63) is 17.8 Å². The van der Waals surface area contributed by atoms with Crippen LogP contribution in [0.5, 0.6) is 0 Å². The van der Waals surface area contributed by atoms with E-state index in [1.807, 2.05) is 7.05 Å². The van der Waals surface area contributed by atoms with Gasteiger partial charge in [0.1, 0.15) is 0 Å². The Bertz CT molecular complexity index is 391. The third-order valence-electron chi connectivity index (χ3n) is 3.01. The number of rotatable bonds is 4. The van der Waals surface area contributed by atoms with Crippen LogP contribution in [0.1, 0.15) is 16.9 Å². The summed E-state index contributed by atoms with van der Waals surface area (Å²) >= 11 is 0. The van der Waals surface area contributed by atoms with Crippen molar-refractivity contribution in [1.82, 2.24) is 15.5 Å². The molecule has 6 nitrogen and oxygen atoms in total. The van der Waals surface area contributed by atoms with Crippen molar-refractivity contribution in [2.45, 2.75) is 6.42 Å². The van der Waals surface area contributed by atoms with Gasteiger partial charge in [0.25, 0.3) is 5.91 Å². The highest BCUT2D eigenvalue weighted by atomic mass is 16.1. The van der Waals surface area contributed by atoms with Gasteiger partial charge in [-0.05, 0) is 38.1 Å². The number of hydrogen-bond donors (Lipinski definition) is 2. The molecule has 1 unspecified atom stereocenters. The van der Waals surface area contributed by atoms with E-state index >= 15 is 0 Å². The lowest BCUT2D eigenvalue weighted by atomic mass is 10.1. The van der Waals surface area contributed by atoms with Gasteiger partial charge in [-0.1, -0.05) is 0 Å². The number of anilines is 1. The van der Waals surface area contributed by atoms with Crippen molar-refractivity contribution in [1.29, 1.82) is 0 Å². The molecular formula is C11H17N5O. The third-order valence-corrected chi connectivity index (χ3v) is 3.01. The van der Waals surface area contributed by atoms with Crippen LogP contribution in [-0.4, -0.2) is 42.8 Å². The summed E-state index contributed by atoms with van der Waals surface area (Å²) in [6.07, 6.45) is 1.15. The number of carbonyl (C=O) groups excluding carboxylic acids is 1. The van der Waals surface area contributed by atoms with E-state index in [0.29, 0.717) is 5.92 Å². The number of carbonyl (C=O) groups is 1. The first-order valence-corrected chi connectivity index (χ1v) is 5.74. The Labute approximate surface area is 100 Å². The van der Waals surface area contributed by atoms with Gasteiger partial charge in [-0.15, -0.1) is 10.2 Å². The Kier molecular flexibility index (Phi) is 3.53. The van der Waals surface area contributed by atoms with Gasteiger partial charge < -0.3 is 16.0 Å². The predicted molar refractivity (Wildman–Crippen MR) is 64.8 cm³/mol. The average molecular weight is 235 g/mol. The second kappa shape index (κ2) is 5.09. The molecule has 1 fully saturated rings.